The Balaban J connectivity index is 0.000000545. The molecule has 3 heteroatoms. The van der Waals surface area contributed by atoms with Crippen molar-refractivity contribution < 1.29 is 0 Å². The van der Waals surface area contributed by atoms with Crippen LogP contribution in [-0.2, 0) is 0 Å². The van der Waals surface area contributed by atoms with E-state index >= 15 is 0 Å². The number of hydrogen-bond acceptors (Lipinski definition) is 0. The Labute approximate surface area is 141 Å². The number of rotatable bonds is 3. The maximum absolute atomic E-state index is 7.23. The van der Waals surface area contributed by atoms with Gasteiger partial charge in [0.15, 0.2) is 0 Å². The summed E-state index contributed by atoms with van der Waals surface area (Å²) in [4.78, 5) is 0. The molecule has 0 spiro atoms. The van der Waals surface area contributed by atoms with E-state index in [1.807, 2.05) is 0 Å². The quantitative estimate of drug-likeness (QED) is 0.362. The summed E-state index contributed by atoms with van der Waals surface area (Å²) in [7, 11) is 2.49. The Bertz CT molecular complexity index is 614. The van der Waals surface area contributed by atoms with Crippen LogP contribution in [0.3, 0.4) is 0 Å². The van der Waals surface area contributed by atoms with Gasteiger partial charge < -0.3 is 5.41 Å². The molecule has 22 heavy (non-hydrogen) atoms. The molecule has 3 aromatic rings. The third-order valence-electron chi connectivity index (χ3n) is 3.19. The summed E-state index contributed by atoms with van der Waals surface area (Å²) in [5, 5.41) is 7.23. The standard InChI is InChI=1S/3C6H5.CHNP.Sn/c3*1-2-4-6-5-3-1;2-1-3;/h3*1-5H;3H;/q;;;-1;. The molecule has 0 fully saturated rings. The van der Waals surface area contributed by atoms with Crippen molar-refractivity contribution in [3.8, 4) is 0 Å². The molecule has 3 aromatic carbocycles. The molecule has 107 valence electrons. The molecular weight excluding hydrogens is 392 g/mol. The molecule has 0 unspecified atom stereocenters. The van der Waals surface area contributed by atoms with Crippen LogP contribution in [0.2, 0.25) is 0 Å². The van der Waals surface area contributed by atoms with Crippen LogP contribution in [0, 0.1) is 0 Å². The summed E-state index contributed by atoms with van der Waals surface area (Å²) >= 11 is -1.98. The minimum absolute atomic E-state index is 1.53. The van der Waals surface area contributed by atoms with Gasteiger partial charge in [-0.25, -0.2) is 5.59 Å². The van der Waals surface area contributed by atoms with Crippen LogP contribution in [0.25, 0.3) is 5.41 Å². The topological polar surface area (TPSA) is 22.3 Å². The van der Waals surface area contributed by atoms with Crippen molar-refractivity contribution in [3.63, 3.8) is 0 Å². The van der Waals surface area contributed by atoms with E-state index in [-0.39, 0.29) is 0 Å². The van der Waals surface area contributed by atoms with Crippen molar-refractivity contribution in [3.05, 3.63) is 96.4 Å². The Hall–Kier alpha value is -1.66. The molecule has 0 heterocycles. The van der Waals surface area contributed by atoms with Gasteiger partial charge in [-0.15, -0.1) is 0 Å². The third kappa shape index (κ3) is 4.68. The molecule has 0 aliphatic heterocycles. The second kappa shape index (κ2) is 9.38. The number of benzene rings is 3. The Morgan fingerprint density at radius 1 is 0.591 bits per heavy atom. The van der Waals surface area contributed by atoms with Crippen molar-refractivity contribution in [2.75, 3.05) is 0 Å². The zero-order valence-corrected chi connectivity index (χ0v) is 16.0. The van der Waals surface area contributed by atoms with Crippen molar-refractivity contribution in [1.82, 2.24) is 0 Å². The fraction of sp³-hybridized carbons (Fsp3) is 0. The fourth-order valence-corrected chi connectivity index (χ4v) is 9.67. The van der Waals surface area contributed by atoms with Gasteiger partial charge >= 0.3 is 121 Å². The monoisotopic (exact) mass is 409 g/mol. The SMILES string of the molecule is [N-]=C=P.c1cc[c]([Sn]([c]2ccccc2)[c]2ccccc2)cc1. The summed E-state index contributed by atoms with van der Waals surface area (Å²) in [6, 6.07) is 32.9. The van der Waals surface area contributed by atoms with Crippen LogP contribution in [0.4, 0.5) is 0 Å². The van der Waals surface area contributed by atoms with Gasteiger partial charge in [-0.1, -0.05) is 8.86 Å². The second-order valence-corrected chi connectivity index (χ2v) is 11.9. The van der Waals surface area contributed by atoms with E-state index in [1.165, 1.54) is 10.7 Å². The van der Waals surface area contributed by atoms with E-state index in [0.717, 1.165) is 0 Å². The molecule has 0 amide bonds. The zero-order chi connectivity index (χ0) is 15.6. The van der Waals surface area contributed by atoms with Crippen LogP contribution >= 0.6 is 8.86 Å². The molecular formula is C19H16NPSn-. The van der Waals surface area contributed by atoms with E-state index in [1.54, 1.807) is 5.59 Å². The summed E-state index contributed by atoms with van der Waals surface area (Å²) in [5.41, 5.74) is 1.56. The first-order chi connectivity index (χ1) is 10.9. The first kappa shape index (κ1) is 16.7. The molecule has 0 saturated carbocycles. The molecule has 0 aliphatic rings. The number of nitrogens with zero attached hydrogens (tertiary/aromatic N) is 1. The Morgan fingerprint density at radius 2 is 0.818 bits per heavy atom. The number of hydrogen-bond donors (Lipinski definition) is 0. The van der Waals surface area contributed by atoms with Crippen molar-refractivity contribution in [1.29, 1.82) is 0 Å². The third-order valence-corrected chi connectivity index (χ3v) is 11.0. The van der Waals surface area contributed by atoms with Gasteiger partial charge in [-0.3, -0.25) is 0 Å². The molecule has 0 aromatic heterocycles. The van der Waals surface area contributed by atoms with Crippen molar-refractivity contribution in [2.45, 2.75) is 0 Å². The molecule has 0 aliphatic carbocycles. The Morgan fingerprint density at radius 3 is 1.05 bits per heavy atom. The summed E-state index contributed by atoms with van der Waals surface area (Å²) in [6.45, 7) is 0. The van der Waals surface area contributed by atoms with Crippen LogP contribution in [0.1, 0.15) is 0 Å². The van der Waals surface area contributed by atoms with Gasteiger partial charge in [-0.2, -0.15) is 0 Å². The van der Waals surface area contributed by atoms with Crippen molar-refractivity contribution >= 4 is 45.0 Å². The maximum atomic E-state index is 7.23. The zero-order valence-electron chi connectivity index (χ0n) is 12.1. The average Bonchev–Trinajstić information content (AvgIpc) is 2.59. The molecule has 0 atom stereocenters. The van der Waals surface area contributed by atoms with E-state index in [9.17, 15) is 0 Å². The van der Waals surface area contributed by atoms with E-state index in [2.05, 4.69) is 99.9 Å². The first-order valence-electron chi connectivity index (χ1n) is 6.96. The van der Waals surface area contributed by atoms with Gasteiger partial charge in [0.1, 0.15) is 0 Å². The second-order valence-electron chi connectivity index (χ2n) is 4.58. The van der Waals surface area contributed by atoms with E-state index in [4.69, 9.17) is 5.41 Å². The summed E-state index contributed by atoms with van der Waals surface area (Å²) < 4.78 is 4.59. The van der Waals surface area contributed by atoms with Gasteiger partial charge in [0.25, 0.3) is 0 Å². The van der Waals surface area contributed by atoms with Crippen LogP contribution in [0.5, 0.6) is 0 Å². The average molecular weight is 408 g/mol. The van der Waals surface area contributed by atoms with E-state index < -0.39 is 19.8 Å². The Kier molecular flexibility index (Phi) is 7.12. The molecule has 3 rings (SSSR count). The minimum atomic E-state index is -1.98. The van der Waals surface area contributed by atoms with E-state index in [0.29, 0.717) is 0 Å². The van der Waals surface area contributed by atoms with Crippen LogP contribution < -0.4 is 10.7 Å². The summed E-state index contributed by atoms with van der Waals surface area (Å²) in [6.07, 6.45) is 0. The molecule has 0 N–H and O–H groups in total. The predicted molar refractivity (Wildman–Crippen MR) is 101 cm³/mol. The van der Waals surface area contributed by atoms with Crippen LogP contribution in [-0.4, -0.2) is 25.3 Å². The first-order valence-corrected chi connectivity index (χ1v) is 11.7. The van der Waals surface area contributed by atoms with Gasteiger partial charge in [-0.05, 0) is 0 Å². The van der Waals surface area contributed by atoms with Crippen LogP contribution in [0.15, 0.2) is 91.0 Å². The molecule has 1 radical (unpaired) electrons. The molecule has 0 saturated heterocycles. The normalized spacial score (nSPS) is 9.50. The molecule has 0 bridgehead atoms. The molecule has 1 nitrogen and oxygen atoms in total. The predicted octanol–water partition coefficient (Wildman–Crippen LogP) is 2.81. The fourth-order valence-electron chi connectivity index (χ4n) is 2.31. The summed E-state index contributed by atoms with van der Waals surface area (Å²) in [5.74, 6) is 0. The van der Waals surface area contributed by atoms with Crippen molar-refractivity contribution in [2.24, 2.45) is 0 Å². The van der Waals surface area contributed by atoms with Gasteiger partial charge in [0.2, 0.25) is 0 Å². The van der Waals surface area contributed by atoms with Gasteiger partial charge in [0, 0.05) is 0 Å². The van der Waals surface area contributed by atoms with Gasteiger partial charge in [0.05, 0.1) is 0 Å².